The van der Waals surface area contributed by atoms with Crippen molar-refractivity contribution in [3.63, 3.8) is 0 Å². The van der Waals surface area contributed by atoms with Crippen LogP contribution in [0.2, 0.25) is 0 Å². The van der Waals surface area contributed by atoms with Crippen LogP contribution in [0.4, 0.5) is 18.9 Å². The Kier molecular flexibility index (Phi) is 7.83. The molecule has 2 N–H and O–H groups in total. The minimum absolute atomic E-state index is 0.0276. The molecule has 0 radical (unpaired) electrons. The molecule has 2 aromatic rings. The second kappa shape index (κ2) is 10.7. The zero-order valence-corrected chi connectivity index (χ0v) is 20.2. The van der Waals surface area contributed by atoms with E-state index in [0.717, 1.165) is 31.6 Å². The van der Waals surface area contributed by atoms with E-state index in [1.54, 1.807) is 0 Å². The zero-order valence-electron chi connectivity index (χ0n) is 19.4. The van der Waals surface area contributed by atoms with Crippen molar-refractivity contribution in [2.45, 2.75) is 55.6 Å². The van der Waals surface area contributed by atoms with E-state index in [9.17, 15) is 26.4 Å². The number of benzene rings is 2. The van der Waals surface area contributed by atoms with Crippen LogP contribution in [0.5, 0.6) is 0 Å². The van der Waals surface area contributed by atoms with Crippen LogP contribution in [0.3, 0.4) is 0 Å². The number of anilines is 1. The molecule has 1 unspecified atom stereocenters. The van der Waals surface area contributed by atoms with E-state index in [1.165, 1.54) is 68.5 Å². The largest absolute Gasteiger partial charge is 0.416 e. The maximum Gasteiger partial charge on any atom is 0.416 e. The van der Waals surface area contributed by atoms with Gasteiger partial charge in [0.15, 0.2) is 0 Å². The third-order valence-electron chi connectivity index (χ3n) is 6.69. The summed E-state index contributed by atoms with van der Waals surface area (Å²) in [6.07, 6.45) is 2.51. The molecule has 2 fully saturated rings. The number of carbonyl (C=O) groups excluding carboxylic acids is 1. The first-order valence-corrected chi connectivity index (χ1v) is 13.4. The molecule has 10 heteroatoms. The Balaban J connectivity index is 1.38. The van der Waals surface area contributed by atoms with E-state index < -0.39 is 27.7 Å². The highest BCUT2D eigenvalue weighted by molar-refractivity contribution is 7.89. The van der Waals surface area contributed by atoms with Crippen molar-refractivity contribution in [1.29, 1.82) is 0 Å². The topological polar surface area (TPSA) is 78.5 Å². The van der Waals surface area contributed by atoms with Crippen LogP contribution in [0.15, 0.2) is 53.4 Å². The molecule has 1 saturated heterocycles. The lowest BCUT2D eigenvalue weighted by Crippen LogP contribution is -2.38. The highest BCUT2D eigenvalue weighted by atomic mass is 32.2. The quantitative estimate of drug-likeness (QED) is 0.557. The fourth-order valence-corrected chi connectivity index (χ4v) is 6.21. The molecule has 2 aromatic carbocycles. The van der Waals surface area contributed by atoms with Crippen LogP contribution in [0.1, 0.15) is 54.4 Å². The number of nitrogens with zero attached hydrogens (tertiary/aromatic N) is 1. The van der Waals surface area contributed by atoms with Gasteiger partial charge in [-0.2, -0.15) is 13.2 Å². The van der Waals surface area contributed by atoms with Gasteiger partial charge in [-0.15, -0.1) is 0 Å². The number of rotatable bonds is 7. The van der Waals surface area contributed by atoms with E-state index in [2.05, 4.69) is 14.9 Å². The number of sulfonamides is 1. The predicted molar refractivity (Wildman–Crippen MR) is 128 cm³/mol. The summed E-state index contributed by atoms with van der Waals surface area (Å²) in [6.45, 7) is 2.51. The van der Waals surface area contributed by atoms with Gasteiger partial charge < -0.3 is 10.2 Å². The van der Waals surface area contributed by atoms with Gasteiger partial charge in [0.2, 0.25) is 10.0 Å². The first kappa shape index (κ1) is 25.7. The first-order valence-electron chi connectivity index (χ1n) is 11.9. The van der Waals surface area contributed by atoms with Crippen molar-refractivity contribution in [2.24, 2.45) is 5.92 Å². The van der Waals surface area contributed by atoms with Crippen molar-refractivity contribution >= 4 is 21.6 Å². The van der Waals surface area contributed by atoms with Crippen LogP contribution in [-0.2, 0) is 16.2 Å². The Morgan fingerprint density at radius 2 is 1.74 bits per heavy atom. The SMILES string of the molecule is O=C(Nc1cccc(C(F)(F)F)c1)c1cccc(S(=O)(=O)NC2CCN(CC3CCCCC3)C2)c1. The maximum atomic E-state index is 13.0. The summed E-state index contributed by atoms with van der Waals surface area (Å²) in [5, 5.41) is 2.41. The van der Waals surface area contributed by atoms with E-state index in [0.29, 0.717) is 12.5 Å². The molecule has 6 nitrogen and oxygen atoms in total. The van der Waals surface area contributed by atoms with Gasteiger partial charge in [0.05, 0.1) is 10.5 Å². The second-order valence-corrected chi connectivity index (χ2v) is 11.1. The normalized spacial score (nSPS) is 20.1. The predicted octanol–water partition coefficient (Wildman–Crippen LogP) is 4.89. The second-order valence-electron chi connectivity index (χ2n) is 9.43. The first-order chi connectivity index (χ1) is 16.6. The Hall–Kier alpha value is -2.43. The average Bonchev–Trinajstić information content (AvgIpc) is 3.25. The zero-order chi connectivity index (χ0) is 25.1. The standard InChI is InChI=1S/C25H30F3N3O3S/c26-25(27,28)20-9-5-10-21(15-20)29-24(32)19-8-4-11-23(14-19)35(33,34)30-22-12-13-31(17-22)16-18-6-2-1-3-7-18/h4-5,8-11,14-15,18,22,30H,1-3,6-7,12-13,16-17H2,(H,29,32). The number of hydrogen-bond donors (Lipinski definition) is 2. The molecule has 0 spiro atoms. The van der Waals surface area contributed by atoms with Gasteiger partial charge in [-0.25, -0.2) is 13.1 Å². The lowest BCUT2D eigenvalue weighted by Gasteiger charge is -2.26. The highest BCUT2D eigenvalue weighted by Gasteiger charge is 2.31. The molecule has 1 aliphatic heterocycles. The summed E-state index contributed by atoms with van der Waals surface area (Å²) in [6, 6.07) is 9.58. The van der Waals surface area contributed by atoms with E-state index in [1.807, 2.05) is 0 Å². The van der Waals surface area contributed by atoms with Gasteiger partial charge >= 0.3 is 6.18 Å². The molecule has 35 heavy (non-hydrogen) atoms. The van der Waals surface area contributed by atoms with Gasteiger partial charge in [0.25, 0.3) is 5.91 Å². The molecule has 0 aromatic heterocycles. The minimum atomic E-state index is -4.54. The van der Waals surface area contributed by atoms with Gasteiger partial charge in [-0.05, 0) is 68.1 Å². The summed E-state index contributed by atoms with van der Waals surface area (Å²) < 4.78 is 67.5. The van der Waals surface area contributed by atoms with Crippen LogP contribution in [0.25, 0.3) is 0 Å². The van der Waals surface area contributed by atoms with Crippen LogP contribution >= 0.6 is 0 Å². The summed E-state index contributed by atoms with van der Waals surface area (Å²) in [4.78, 5) is 14.9. The molecule has 0 bridgehead atoms. The van der Waals surface area contributed by atoms with E-state index in [4.69, 9.17) is 0 Å². The highest BCUT2D eigenvalue weighted by Crippen LogP contribution is 2.31. The van der Waals surface area contributed by atoms with Gasteiger partial charge in [0, 0.05) is 30.4 Å². The summed E-state index contributed by atoms with van der Waals surface area (Å²) in [5.74, 6) is -0.00738. The Morgan fingerprint density at radius 3 is 2.49 bits per heavy atom. The lowest BCUT2D eigenvalue weighted by molar-refractivity contribution is -0.137. The Labute approximate surface area is 203 Å². The Bertz CT molecular complexity index is 1150. The molecule has 4 rings (SSSR count). The van der Waals surface area contributed by atoms with E-state index in [-0.39, 0.29) is 22.2 Å². The third kappa shape index (κ3) is 6.83. The van der Waals surface area contributed by atoms with E-state index >= 15 is 0 Å². The number of halogens is 3. The van der Waals surface area contributed by atoms with Gasteiger partial charge in [-0.3, -0.25) is 4.79 Å². The van der Waals surface area contributed by atoms with Crippen LogP contribution < -0.4 is 10.0 Å². The minimum Gasteiger partial charge on any atom is -0.322 e. The van der Waals surface area contributed by atoms with Crippen LogP contribution in [0, 0.1) is 5.92 Å². The number of hydrogen-bond acceptors (Lipinski definition) is 4. The molecule has 1 saturated carbocycles. The molecule has 1 heterocycles. The molecule has 1 amide bonds. The number of carbonyl (C=O) groups is 1. The van der Waals surface area contributed by atoms with Crippen molar-refractivity contribution in [3.05, 3.63) is 59.7 Å². The van der Waals surface area contributed by atoms with Gasteiger partial charge in [0.1, 0.15) is 0 Å². The fraction of sp³-hybridized carbons (Fsp3) is 0.480. The summed E-state index contributed by atoms with van der Waals surface area (Å²) in [7, 11) is -3.86. The fourth-order valence-electron chi connectivity index (χ4n) is 4.90. The maximum absolute atomic E-state index is 13.0. The molecule has 190 valence electrons. The van der Waals surface area contributed by atoms with Crippen LogP contribution in [-0.4, -0.2) is 44.9 Å². The van der Waals surface area contributed by atoms with Crippen molar-refractivity contribution < 1.29 is 26.4 Å². The number of amides is 1. The third-order valence-corrected chi connectivity index (χ3v) is 8.21. The summed E-state index contributed by atoms with van der Waals surface area (Å²) in [5.41, 5.74) is -0.874. The van der Waals surface area contributed by atoms with Gasteiger partial charge in [-0.1, -0.05) is 31.4 Å². The molecular weight excluding hydrogens is 479 g/mol. The van der Waals surface area contributed by atoms with Crippen molar-refractivity contribution in [1.82, 2.24) is 9.62 Å². The number of nitrogens with one attached hydrogen (secondary N) is 2. The van der Waals surface area contributed by atoms with Crippen molar-refractivity contribution in [2.75, 3.05) is 25.0 Å². The number of likely N-dealkylation sites (tertiary alicyclic amines) is 1. The molecular formula is C25H30F3N3O3S. The lowest BCUT2D eigenvalue weighted by atomic mass is 9.89. The average molecular weight is 510 g/mol. The monoisotopic (exact) mass is 509 g/mol. The molecule has 1 atom stereocenters. The molecule has 2 aliphatic rings. The Morgan fingerprint density at radius 1 is 1.00 bits per heavy atom. The summed E-state index contributed by atoms with van der Waals surface area (Å²) >= 11 is 0. The molecule has 1 aliphatic carbocycles. The van der Waals surface area contributed by atoms with Crippen molar-refractivity contribution in [3.8, 4) is 0 Å². The smallest absolute Gasteiger partial charge is 0.322 e. The number of alkyl halides is 3.